The molecule has 1 rings (SSSR count). The zero-order chi connectivity index (χ0) is 18.9. The van der Waals surface area contributed by atoms with Crippen LogP contribution < -0.4 is 5.32 Å². The number of alkyl carbamates (subject to hydrolysis) is 1. The Bertz CT molecular complexity index is 534. The van der Waals surface area contributed by atoms with E-state index in [2.05, 4.69) is 19.2 Å². The third-order valence-electron chi connectivity index (χ3n) is 3.67. The summed E-state index contributed by atoms with van der Waals surface area (Å²) in [5, 5.41) is 2.63. The van der Waals surface area contributed by atoms with Crippen molar-refractivity contribution in [3.05, 3.63) is 35.9 Å². The van der Waals surface area contributed by atoms with Crippen LogP contribution in [-0.4, -0.2) is 30.6 Å². The van der Waals surface area contributed by atoms with Crippen LogP contribution in [0.25, 0.3) is 0 Å². The predicted octanol–water partition coefficient (Wildman–Crippen LogP) is 4.10. The molecular weight excluding hydrogens is 318 g/mol. The van der Waals surface area contributed by atoms with Crippen LogP contribution in [0, 0.1) is 5.41 Å². The molecule has 140 valence electrons. The molecular formula is C20H31NO4. The highest BCUT2D eigenvalue weighted by Crippen LogP contribution is 2.26. The number of nitrogens with one attached hydrogen (secondary N) is 1. The van der Waals surface area contributed by atoms with Gasteiger partial charge in [-0.25, -0.2) is 4.79 Å². The summed E-state index contributed by atoms with van der Waals surface area (Å²) in [7, 11) is 0. The lowest BCUT2D eigenvalue weighted by molar-refractivity contribution is -0.110. The lowest BCUT2D eigenvalue weighted by Crippen LogP contribution is -2.42. The van der Waals surface area contributed by atoms with Crippen LogP contribution in [0.3, 0.4) is 0 Å². The van der Waals surface area contributed by atoms with Gasteiger partial charge in [-0.3, -0.25) is 0 Å². The van der Waals surface area contributed by atoms with E-state index in [0.717, 1.165) is 18.3 Å². The van der Waals surface area contributed by atoms with Crippen molar-refractivity contribution in [1.82, 2.24) is 5.32 Å². The molecule has 0 radical (unpaired) electrons. The topological polar surface area (TPSA) is 64.6 Å². The van der Waals surface area contributed by atoms with Crippen molar-refractivity contribution in [2.24, 2.45) is 5.41 Å². The van der Waals surface area contributed by atoms with Gasteiger partial charge in [-0.2, -0.15) is 0 Å². The molecule has 25 heavy (non-hydrogen) atoms. The fourth-order valence-electron chi connectivity index (χ4n) is 2.40. The molecule has 1 aromatic rings. The van der Waals surface area contributed by atoms with Crippen LogP contribution in [0.15, 0.2) is 30.3 Å². The Kier molecular flexibility index (Phi) is 8.10. The van der Waals surface area contributed by atoms with E-state index in [1.165, 1.54) is 0 Å². The number of carbonyl (C=O) groups is 2. The highest BCUT2D eigenvalue weighted by atomic mass is 16.6. The van der Waals surface area contributed by atoms with E-state index >= 15 is 0 Å². The highest BCUT2D eigenvalue weighted by molar-refractivity contribution is 5.73. The van der Waals surface area contributed by atoms with Gasteiger partial charge in [-0.05, 0) is 44.6 Å². The van der Waals surface area contributed by atoms with Crippen LogP contribution >= 0.6 is 0 Å². The van der Waals surface area contributed by atoms with Crippen LogP contribution in [0.2, 0.25) is 0 Å². The van der Waals surface area contributed by atoms with Crippen molar-refractivity contribution in [2.45, 2.75) is 65.7 Å². The fraction of sp³-hybridized carbons (Fsp3) is 0.600. The number of ether oxygens (including phenoxy) is 2. The zero-order valence-electron chi connectivity index (χ0n) is 16.0. The molecule has 0 spiro atoms. The normalized spacial score (nSPS) is 13.2. The van der Waals surface area contributed by atoms with Gasteiger partial charge < -0.3 is 19.6 Å². The molecule has 0 aliphatic heterocycles. The van der Waals surface area contributed by atoms with E-state index in [0.29, 0.717) is 19.6 Å². The van der Waals surface area contributed by atoms with Crippen LogP contribution in [0.5, 0.6) is 0 Å². The van der Waals surface area contributed by atoms with E-state index in [1.807, 2.05) is 30.3 Å². The molecule has 1 atom stereocenters. The monoisotopic (exact) mass is 349 g/mol. The molecule has 0 bridgehead atoms. The van der Waals surface area contributed by atoms with Crippen LogP contribution in [0.1, 0.15) is 53.0 Å². The maximum atomic E-state index is 11.8. The molecule has 0 unspecified atom stereocenters. The summed E-state index contributed by atoms with van der Waals surface area (Å²) in [6.45, 7) is 10.7. The number of aldehydes is 1. The third kappa shape index (κ3) is 9.87. The molecule has 0 heterocycles. The minimum atomic E-state index is -0.585. The van der Waals surface area contributed by atoms with Crippen LogP contribution in [0.4, 0.5) is 4.79 Å². The maximum absolute atomic E-state index is 11.8. The average Bonchev–Trinajstić information content (AvgIpc) is 2.50. The Balaban J connectivity index is 2.37. The molecule has 0 fully saturated rings. The second-order valence-corrected chi connectivity index (χ2v) is 8.05. The fourth-order valence-corrected chi connectivity index (χ4v) is 2.40. The summed E-state index contributed by atoms with van der Waals surface area (Å²) in [5.41, 5.74) is 0.410. The lowest BCUT2D eigenvalue weighted by atomic mass is 9.83. The molecule has 0 aliphatic rings. The molecule has 0 saturated heterocycles. The quantitative estimate of drug-likeness (QED) is 0.538. The third-order valence-corrected chi connectivity index (χ3v) is 3.67. The standard InChI is InChI=1S/C20H31NO4/c1-19(2,3)25-18(23)21-17(14-22)13-20(4,5)11-12-24-15-16-9-7-6-8-10-16/h6-10,14,17H,11-13,15H2,1-5H3,(H,21,23)/t17-/m0/s1. The number of carbonyl (C=O) groups excluding carboxylic acids is 2. The summed E-state index contributed by atoms with van der Waals surface area (Å²) >= 11 is 0. The van der Waals surface area contributed by atoms with Gasteiger partial charge in [0.2, 0.25) is 0 Å². The van der Waals surface area contributed by atoms with Crippen molar-refractivity contribution < 1.29 is 19.1 Å². The number of rotatable bonds is 9. The number of benzene rings is 1. The van der Waals surface area contributed by atoms with Gasteiger partial charge in [0, 0.05) is 6.61 Å². The largest absolute Gasteiger partial charge is 0.444 e. The Morgan fingerprint density at radius 1 is 1.16 bits per heavy atom. The minimum absolute atomic E-state index is 0.142. The molecule has 5 nitrogen and oxygen atoms in total. The summed E-state index contributed by atoms with van der Waals surface area (Å²) in [6.07, 6.45) is 1.52. The van der Waals surface area contributed by atoms with Crippen molar-refractivity contribution >= 4 is 12.4 Å². The molecule has 1 aromatic carbocycles. The minimum Gasteiger partial charge on any atom is -0.444 e. The number of amides is 1. The first-order chi connectivity index (χ1) is 11.6. The first-order valence-electron chi connectivity index (χ1n) is 8.68. The SMILES string of the molecule is CC(C)(CCOCc1ccccc1)C[C@@H](C=O)NC(=O)OC(C)(C)C. The van der Waals surface area contributed by atoms with Crippen molar-refractivity contribution in [1.29, 1.82) is 0 Å². The predicted molar refractivity (Wildman–Crippen MR) is 98.3 cm³/mol. The first kappa shape index (κ1) is 21.2. The van der Waals surface area contributed by atoms with Crippen molar-refractivity contribution in [2.75, 3.05) is 6.61 Å². The molecule has 1 N–H and O–H groups in total. The Morgan fingerprint density at radius 2 is 1.80 bits per heavy atom. The Hall–Kier alpha value is -1.88. The van der Waals surface area contributed by atoms with Gasteiger partial charge in [-0.1, -0.05) is 44.2 Å². The smallest absolute Gasteiger partial charge is 0.408 e. The van der Waals surface area contributed by atoms with Gasteiger partial charge in [0.25, 0.3) is 0 Å². The molecule has 5 heteroatoms. The zero-order valence-corrected chi connectivity index (χ0v) is 16.0. The Labute approximate surface area is 151 Å². The van der Waals surface area contributed by atoms with Gasteiger partial charge in [0.1, 0.15) is 11.9 Å². The second kappa shape index (κ2) is 9.56. The van der Waals surface area contributed by atoms with E-state index in [9.17, 15) is 9.59 Å². The van der Waals surface area contributed by atoms with E-state index < -0.39 is 17.7 Å². The maximum Gasteiger partial charge on any atom is 0.408 e. The van der Waals surface area contributed by atoms with Crippen molar-refractivity contribution in [3.63, 3.8) is 0 Å². The summed E-state index contributed by atoms with van der Waals surface area (Å²) in [5.74, 6) is 0. The van der Waals surface area contributed by atoms with Crippen LogP contribution in [-0.2, 0) is 20.9 Å². The molecule has 0 saturated carbocycles. The van der Waals surface area contributed by atoms with Gasteiger partial charge in [0.15, 0.2) is 0 Å². The molecule has 0 aromatic heterocycles. The second-order valence-electron chi connectivity index (χ2n) is 8.05. The van der Waals surface area contributed by atoms with E-state index in [-0.39, 0.29) is 5.41 Å². The van der Waals surface area contributed by atoms with Gasteiger partial charge in [-0.15, -0.1) is 0 Å². The van der Waals surface area contributed by atoms with Crippen molar-refractivity contribution in [3.8, 4) is 0 Å². The molecule has 0 aliphatic carbocycles. The summed E-state index contributed by atoms with van der Waals surface area (Å²) < 4.78 is 10.9. The average molecular weight is 349 g/mol. The summed E-state index contributed by atoms with van der Waals surface area (Å²) in [6, 6.07) is 9.43. The molecule has 1 amide bonds. The summed E-state index contributed by atoms with van der Waals surface area (Å²) in [4.78, 5) is 23.1. The first-order valence-corrected chi connectivity index (χ1v) is 8.68. The van der Waals surface area contributed by atoms with E-state index in [4.69, 9.17) is 9.47 Å². The highest BCUT2D eigenvalue weighted by Gasteiger charge is 2.26. The number of hydrogen-bond acceptors (Lipinski definition) is 4. The number of hydrogen-bond donors (Lipinski definition) is 1. The van der Waals surface area contributed by atoms with Gasteiger partial charge >= 0.3 is 6.09 Å². The van der Waals surface area contributed by atoms with Gasteiger partial charge in [0.05, 0.1) is 12.6 Å². The lowest BCUT2D eigenvalue weighted by Gasteiger charge is -2.28. The van der Waals surface area contributed by atoms with E-state index in [1.54, 1.807) is 20.8 Å². The Morgan fingerprint density at radius 3 is 2.36 bits per heavy atom.